The summed E-state index contributed by atoms with van der Waals surface area (Å²) in [6.07, 6.45) is 0.761. The van der Waals surface area contributed by atoms with Crippen molar-refractivity contribution in [2.75, 3.05) is 29.9 Å². The fraction of sp³-hybridized carbons (Fsp3) is 0.176. The van der Waals surface area contributed by atoms with Crippen LogP contribution in [0.1, 0.15) is 38.3 Å². The van der Waals surface area contributed by atoms with Gasteiger partial charge in [-0.2, -0.15) is 0 Å². The third-order valence-corrected chi connectivity index (χ3v) is 3.96. The quantitative estimate of drug-likeness (QED) is 0.426. The molecule has 2 aromatic carbocycles. The van der Waals surface area contributed by atoms with Gasteiger partial charge in [-0.1, -0.05) is 12.1 Å². The number of fused-ring (bicyclic) bond motifs is 2. The number of carbonyl (C=O) groups is 2. The van der Waals surface area contributed by atoms with Crippen molar-refractivity contribution in [3.05, 3.63) is 52.6 Å². The van der Waals surface area contributed by atoms with Crippen LogP contribution in [0.15, 0.2) is 30.3 Å². The Balaban J connectivity index is 2.16. The molecular formula is C17H18N4O2. The molecule has 7 N–H and O–H groups in total. The first-order valence-electron chi connectivity index (χ1n) is 7.40. The van der Waals surface area contributed by atoms with Gasteiger partial charge in [0, 0.05) is 29.2 Å². The van der Waals surface area contributed by atoms with E-state index < -0.39 is 0 Å². The Morgan fingerprint density at radius 1 is 0.870 bits per heavy atom. The van der Waals surface area contributed by atoms with Gasteiger partial charge in [-0.25, -0.2) is 0 Å². The number of hydrogen-bond acceptors (Lipinski definition) is 6. The highest BCUT2D eigenvalue weighted by molar-refractivity contribution is 6.33. The smallest absolute Gasteiger partial charge is 0.198 e. The van der Waals surface area contributed by atoms with E-state index in [1.54, 1.807) is 30.3 Å². The lowest BCUT2D eigenvalue weighted by atomic mass is 9.81. The lowest BCUT2D eigenvalue weighted by Gasteiger charge is -2.23. The average Bonchev–Trinajstić information content (AvgIpc) is 2.54. The summed E-state index contributed by atoms with van der Waals surface area (Å²) in [6, 6.07) is 8.24. The lowest BCUT2D eigenvalue weighted by Crippen LogP contribution is -2.25. The number of nitrogen functional groups attached to an aromatic ring is 2. The van der Waals surface area contributed by atoms with Gasteiger partial charge >= 0.3 is 0 Å². The Kier molecular flexibility index (Phi) is 3.75. The van der Waals surface area contributed by atoms with E-state index in [-0.39, 0.29) is 34.1 Å². The summed E-state index contributed by atoms with van der Waals surface area (Å²) in [7, 11) is 0. The van der Waals surface area contributed by atoms with Gasteiger partial charge in [0.15, 0.2) is 11.6 Å². The Hall–Kier alpha value is -2.86. The Morgan fingerprint density at radius 3 is 2.17 bits per heavy atom. The van der Waals surface area contributed by atoms with E-state index in [4.69, 9.17) is 17.2 Å². The Morgan fingerprint density at radius 2 is 1.52 bits per heavy atom. The molecule has 118 valence electrons. The van der Waals surface area contributed by atoms with Crippen molar-refractivity contribution < 1.29 is 9.59 Å². The fourth-order valence-corrected chi connectivity index (χ4v) is 2.84. The first-order chi connectivity index (χ1) is 11.1. The van der Waals surface area contributed by atoms with Crippen LogP contribution in [-0.4, -0.2) is 24.7 Å². The van der Waals surface area contributed by atoms with Gasteiger partial charge in [0.1, 0.15) is 0 Å². The summed E-state index contributed by atoms with van der Waals surface area (Å²) in [5.74, 6) is -0.558. The molecule has 0 fully saturated rings. The number of hydrogen-bond donors (Lipinski definition) is 4. The van der Waals surface area contributed by atoms with Crippen LogP contribution in [0.2, 0.25) is 0 Å². The number of nitrogens with one attached hydrogen (secondary N) is 1. The van der Waals surface area contributed by atoms with Crippen molar-refractivity contribution in [1.82, 2.24) is 0 Å². The second-order valence-electron chi connectivity index (χ2n) is 5.45. The maximum atomic E-state index is 12.9. The van der Waals surface area contributed by atoms with E-state index in [9.17, 15) is 9.59 Å². The zero-order chi connectivity index (χ0) is 16.6. The van der Waals surface area contributed by atoms with Crippen LogP contribution in [0, 0.1) is 0 Å². The van der Waals surface area contributed by atoms with Crippen LogP contribution in [-0.2, 0) is 0 Å². The minimum atomic E-state index is -0.282. The van der Waals surface area contributed by atoms with Gasteiger partial charge in [0.05, 0.1) is 16.7 Å². The number of anilines is 3. The first-order valence-corrected chi connectivity index (χ1v) is 7.40. The van der Waals surface area contributed by atoms with E-state index in [1.165, 1.54) is 0 Å². The summed E-state index contributed by atoms with van der Waals surface area (Å²) in [5, 5.41) is 3.16. The Bertz CT molecular complexity index is 814. The predicted molar refractivity (Wildman–Crippen MR) is 90.7 cm³/mol. The molecule has 1 aliphatic rings. The van der Waals surface area contributed by atoms with Crippen LogP contribution in [0.3, 0.4) is 0 Å². The number of rotatable bonds is 4. The zero-order valence-corrected chi connectivity index (χ0v) is 12.6. The summed E-state index contributed by atoms with van der Waals surface area (Å²) in [6.45, 7) is 1.16. The maximum Gasteiger partial charge on any atom is 0.198 e. The molecule has 0 amide bonds. The summed E-state index contributed by atoms with van der Waals surface area (Å²) < 4.78 is 0. The summed E-state index contributed by atoms with van der Waals surface area (Å²) in [5.41, 5.74) is 19.5. The van der Waals surface area contributed by atoms with Crippen molar-refractivity contribution in [3.63, 3.8) is 0 Å². The molecule has 1 aliphatic carbocycles. The second-order valence-corrected chi connectivity index (χ2v) is 5.45. The number of carbonyl (C=O) groups excluding carboxylic acids is 2. The zero-order valence-electron chi connectivity index (χ0n) is 12.6. The third-order valence-electron chi connectivity index (χ3n) is 3.96. The minimum absolute atomic E-state index is 0.190. The molecule has 0 spiro atoms. The molecule has 6 nitrogen and oxygen atoms in total. The molecule has 23 heavy (non-hydrogen) atoms. The van der Waals surface area contributed by atoms with Gasteiger partial charge < -0.3 is 22.5 Å². The van der Waals surface area contributed by atoms with Crippen LogP contribution in [0.5, 0.6) is 0 Å². The number of benzene rings is 2. The highest BCUT2D eigenvalue weighted by atomic mass is 16.1. The molecule has 0 heterocycles. The van der Waals surface area contributed by atoms with Crippen LogP contribution in [0.25, 0.3) is 0 Å². The van der Waals surface area contributed by atoms with Gasteiger partial charge in [-0.15, -0.1) is 0 Å². The van der Waals surface area contributed by atoms with Crippen LogP contribution < -0.4 is 22.5 Å². The SMILES string of the molecule is NCCCNc1cccc2c1C(=O)c1c(N)ccc(N)c1C2=O. The molecule has 6 heteroatoms. The summed E-state index contributed by atoms with van der Waals surface area (Å²) >= 11 is 0. The molecule has 0 aliphatic heterocycles. The van der Waals surface area contributed by atoms with Gasteiger partial charge in [0.25, 0.3) is 0 Å². The van der Waals surface area contributed by atoms with E-state index >= 15 is 0 Å². The van der Waals surface area contributed by atoms with Crippen molar-refractivity contribution >= 4 is 28.6 Å². The van der Waals surface area contributed by atoms with Crippen molar-refractivity contribution in [2.24, 2.45) is 5.73 Å². The second kappa shape index (κ2) is 5.73. The topological polar surface area (TPSA) is 124 Å². The molecule has 0 bridgehead atoms. The molecule has 0 aromatic heterocycles. The fourth-order valence-electron chi connectivity index (χ4n) is 2.84. The van der Waals surface area contributed by atoms with Crippen LogP contribution in [0.4, 0.5) is 17.1 Å². The highest BCUT2D eigenvalue weighted by Gasteiger charge is 2.34. The van der Waals surface area contributed by atoms with E-state index in [2.05, 4.69) is 5.32 Å². The number of ketones is 2. The largest absolute Gasteiger partial charge is 0.398 e. The molecule has 0 saturated heterocycles. The molecule has 0 unspecified atom stereocenters. The van der Waals surface area contributed by atoms with Crippen LogP contribution >= 0.6 is 0 Å². The highest BCUT2D eigenvalue weighted by Crippen LogP contribution is 2.36. The third kappa shape index (κ3) is 2.33. The van der Waals surface area contributed by atoms with E-state index in [0.717, 1.165) is 6.42 Å². The maximum absolute atomic E-state index is 12.9. The molecule has 0 atom stereocenters. The average molecular weight is 310 g/mol. The molecule has 0 radical (unpaired) electrons. The lowest BCUT2D eigenvalue weighted by molar-refractivity contribution is 0.0981. The molecule has 2 aromatic rings. The predicted octanol–water partition coefficient (Wildman–Crippen LogP) is 1.39. The molecule has 3 rings (SSSR count). The van der Waals surface area contributed by atoms with Gasteiger partial charge in [-0.05, 0) is 31.2 Å². The van der Waals surface area contributed by atoms with Crippen molar-refractivity contribution in [3.8, 4) is 0 Å². The van der Waals surface area contributed by atoms with E-state index in [1.807, 2.05) is 0 Å². The normalized spacial score (nSPS) is 12.7. The van der Waals surface area contributed by atoms with Gasteiger partial charge in [-0.3, -0.25) is 9.59 Å². The molecule has 0 saturated carbocycles. The first kappa shape index (κ1) is 15.1. The number of nitrogens with two attached hydrogens (primary N) is 3. The summed E-state index contributed by atoms with van der Waals surface area (Å²) in [4.78, 5) is 25.7. The van der Waals surface area contributed by atoms with E-state index in [0.29, 0.717) is 29.9 Å². The Labute approximate surface area is 133 Å². The van der Waals surface area contributed by atoms with Crippen molar-refractivity contribution in [2.45, 2.75) is 6.42 Å². The standard InChI is InChI=1S/C17H18N4O2/c18-7-2-8-21-12-4-1-3-9-13(12)17(23)15-11(20)6-5-10(19)14(15)16(9)22/h1,3-6,21H,2,7-8,18-20H2. The van der Waals surface area contributed by atoms with Crippen molar-refractivity contribution in [1.29, 1.82) is 0 Å². The monoisotopic (exact) mass is 310 g/mol. The van der Waals surface area contributed by atoms with Gasteiger partial charge in [0.2, 0.25) is 0 Å². The minimum Gasteiger partial charge on any atom is -0.398 e. The molecular weight excluding hydrogens is 292 g/mol.